The summed E-state index contributed by atoms with van der Waals surface area (Å²) in [6, 6.07) is 7.94. The second-order valence-electron chi connectivity index (χ2n) is 4.29. The molecule has 3 nitrogen and oxygen atoms in total. The number of carboxylic acid groups (broad SMARTS) is 1. The Kier molecular flexibility index (Phi) is 5.45. The number of hydrogen-bond donors (Lipinski definition) is 2. The standard InChI is InChI=1S/C13H17NO2.ClH/c15-13(16)9-11-3-1-2-4-12(11)10-5-7-14-8-6-10;/h1-4,10,14H,5-9H2,(H,15,16);1H. The van der Waals surface area contributed by atoms with Gasteiger partial charge in [-0.15, -0.1) is 12.4 Å². The van der Waals surface area contributed by atoms with E-state index in [1.165, 1.54) is 5.56 Å². The van der Waals surface area contributed by atoms with Gasteiger partial charge in [-0.05, 0) is 43.0 Å². The van der Waals surface area contributed by atoms with Crippen LogP contribution in [0.15, 0.2) is 24.3 Å². The van der Waals surface area contributed by atoms with Crippen LogP contribution in [0.5, 0.6) is 0 Å². The van der Waals surface area contributed by atoms with Gasteiger partial charge in [0.15, 0.2) is 0 Å². The van der Waals surface area contributed by atoms with E-state index in [2.05, 4.69) is 11.4 Å². The molecule has 0 amide bonds. The Labute approximate surface area is 108 Å². The first-order valence-electron chi connectivity index (χ1n) is 5.77. The second-order valence-corrected chi connectivity index (χ2v) is 4.29. The molecule has 0 aromatic heterocycles. The van der Waals surface area contributed by atoms with Gasteiger partial charge in [0.2, 0.25) is 0 Å². The van der Waals surface area contributed by atoms with Crippen molar-refractivity contribution >= 4 is 18.4 Å². The van der Waals surface area contributed by atoms with Crippen LogP contribution in [0.25, 0.3) is 0 Å². The lowest BCUT2D eigenvalue weighted by atomic mass is 9.86. The predicted octanol–water partition coefficient (Wildman–Crippen LogP) is 2.20. The van der Waals surface area contributed by atoms with Crippen LogP contribution in [0.2, 0.25) is 0 Å². The molecule has 4 heteroatoms. The smallest absolute Gasteiger partial charge is 0.307 e. The second kappa shape index (κ2) is 6.62. The van der Waals surface area contributed by atoms with Crippen LogP contribution < -0.4 is 5.32 Å². The maximum atomic E-state index is 10.8. The number of nitrogens with one attached hydrogen (secondary N) is 1. The number of halogens is 1. The predicted molar refractivity (Wildman–Crippen MR) is 69.9 cm³/mol. The van der Waals surface area contributed by atoms with Crippen molar-refractivity contribution < 1.29 is 9.90 Å². The van der Waals surface area contributed by atoms with Crippen LogP contribution in [0.1, 0.15) is 29.9 Å². The minimum atomic E-state index is -0.749. The minimum absolute atomic E-state index is 0. The van der Waals surface area contributed by atoms with Crippen LogP contribution in [0.4, 0.5) is 0 Å². The number of piperidine rings is 1. The number of hydrogen-bond acceptors (Lipinski definition) is 2. The van der Waals surface area contributed by atoms with Crippen molar-refractivity contribution in [3.05, 3.63) is 35.4 Å². The number of aliphatic carboxylic acids is 1. The topological polar surface area (TPSA) is 49.3 Å². The highest BCUT2D eigenvalue weighted by molar-refractivity contribution is 5.85. The third-order valence-electron chi connectivity index (χ3n) is 3.18. The zero-order chi connectivity index (χ0) is 11.4. The first-order valence-corrected chi connectivity index (χ1v) is 5.77. The van der Waals surface area contributed by atoms with E-state index in [4.69, 9.17) is 5.11 Å². The van der Waals surface area contributed by atoms with Gasteiger partial charge in [0.1, 0.15) is 0 Å². The van der Waals surface area contributed by atoms with Gasteiger partial charge in [-0.2, -0.15) is 0 Å². The Hall–Kier alpha value is -1.06. The third-order valence-corrected chi connectivity index (χ3v) is 3.18. The van der Waals surface area contributed by atoms with Crippen molar-refractivity contribution in [1.29, 1.82) is 0 Å². The van der Waals surface area contributed by atoms with E-state index in [1.54, 1.807) is 0 Å². The average molecular weight is 256 g/mol. The van der Waals surface area contributed by atoms with Crippen molar-refractivity contribution in [3.63, 3.8) is 0 Å². The van der Waals surface area contributed by atoms with E-state index in [0.717, 1.165) is 31.5 Å². The van der Waals surface area contributed by atoms with Crippen LogP contribution in [0, 0.1) is 0 Å². The molecular formula is C13H18ClNO2. The summed E-state index contributed by atoms with van der Waals surface area (Å²) in [4.78, 5) is 10.8. The Morgan fingerprint density at radius 1 is 1.29 bits per heavy atom. The van der Waals surface area contributed by atoms with Crippen LogP contribution in [-0.2, 0) is 11.2 Å². The fourth-order valence-corrected chi connectivity index (χ4v) is 2.39. The van der Waals surface area contributed by atoms with Gasteiger partial charge in [-0.1, -0.05) is 24.3 Å². The molecule has 0 aliphatic carbocycles. The maximum Gasteiger partial charge on any atom is 0.307 e. The molecule has 1 saturated heterocycles. The van der Waals surface area contributed by atoms with E-state index in [1.807, 2.05) is 18.2 Å². The Balaban J connectivity index is 0.00000144. The molecule has 0 bridgehead atoms. The first-order chi connectivity index (χ1) is 7.77. The van der Waals surface area contributed by atoms with Crippen molar-refractivity contribution in [3.8, 4) is 0 Å². The Morgan fingerprint density at radius 2 is 1.94 bits per heavy atom. The lowest BCUT2D eigenvalue weighted by Crippen LogP contribution is -2.27. The molecule has 0 spiro atoms. The molecule has 0 unspecified atom stereocenters. The first kappa shape index (κ1) is 14.0. The molecule has 1 aliphatic rings. The van der Waals surface area contributed by atoms with Gasteiger partial charge in [-0.3, -0.25) is 4.79 Å². The molecule has 1 fully saturated rings. The zero-order valence-electron chi connectivity index (χ0n) is 9.69. The van der Waals surface area contributed by atoms with E-state index in [9.17, 15) is 4.79 Å². The molecule has 0 radical (unpaired) electrons. The highest BCUT2D eigenvalue weighted by Gasteiger charge is 2.18. The number of carbonyl (C=O) groups is 1. The summed E-state index contributed by atoms with van der Waals surface area (Å²) in [7, 11) is 0. The van der Waals surface area contributed by atoms with Gasteiger partial charge in [0.05, 0.1) is 6.42 Å². The van der Waals surface area contributed by atoms with E-state index in [-0.39, 0.29) is 18.8 Å². The molecule has 0 atom stereocenters. The summed E-state index contributed by atoms with van der Waals surface area (Å²) in [6.45, 7) is 2.07. The molecule has 1 aromatic rings. The summed E-state index contributed by atoms with van der Waals surface area (Å²) in [5.41, 5.74) is 2.20. The van der Waals surface area contributed by atoms with Crippen molar-refractivity contribution in [2.75, 3.05) is 13.1 Å². The molecule has 94 valence electrons. The molecule has 2 N–H and O–H groups in total. The maximum absolute atomic E-state index is 10.8. The SMILES string of the molecule is Cl.O=C(O)Cc1ccccc1C1CCNCC1. The highest BCUT2D eigenvalue weighted by Crippen LogP contribution is 2.28. The van der Waals surface area contributed by atoms with Gasteiger partial charge >= 0.3 is 5.97 Å². The Bertz CT molecular complexity index is 375. The molecule has 1 aromatic carbocycles. The fourth-order valence-electron chi connectivity index (χ4n) is 2.39. The van der Waals surface area contributed by atoms with Crippen LogP contribution >= 0.6 is 12.4 Å². The lowest BCUT2D eigenvalue weighted by Gasteiger charge is -2.24. The fraction of sp³-hybridized carbons (Fsp3) is 0.462. The number of benzene rings is 1. The van der Waals surface area contributed by atoms with E-state index >= 15 is 0 Å². The van der Waals surface area contributed by atoms with E-state index < -0.39 is 5.97 Å². The van der Waals surface area contributed by atoms with Gasteiger partial charge in [0.25, 0.3) is 0 Å². The molecular weight excluding hydrogens is 238 g/mol. The van der Waals surface area contributed by atoms with Gasteiger partial charge in [-0.25, -0.2) is 0 Å². The van der Waals surface area contributed by atoms with Gasteiger partial charge in [0, 0.05) is 0 Å². The number of carboxylic acids is 1. The monoisotopic (exact) mass is 255 g/mol. The molecule has 1 heterocycles. The third kappa shape index (κ3) is 3.72. The minimum Gasteiger partial charge on any atom is -0.481 e. The summed E-state index contributed by atoms with van der Waals surface area (Å²) in [5.74, 6) is -0.224. The van der Waals surface area contributed by atoms with E-state index in [0.29, 0.717) is 5.92 Å². The Morgan fingerprint density at radius 3 is 2.59 bits per heavy atom. The summed E-state index contributed by atoms with van der Waals surface area (Å²) in [5, 5.41) is 12.2. The highest BCUT2D eigenvalue weighted by atomic mass is 35.5. The normalized spacial score (nSPS) is 16.2. The molecule has 0 saturated carbocycles. The average Bonchev–Trinajstić information content (AvgIpc) is 2.30. The summed E-state index contributed by atoms with van der Waals surface area (Å²) >= 11 is 0. The van der Waals surface area contributed by atoms with Crippen molar-refractivity contribution in [2.24, 2.45) is 0 Å². The zero-order valence-corrected chi connectivity index (χ0v) is 10.5. The number of rotatable bonds is 3. The quantitative estimate of drug-likeness (QED) is 0.871. The summed E-state index contributed by atoms with van der Waals surface area (Å²) < 4.78 is 0. The van der Waals surface area contributed by atoms with Gasteiger partial charge < -0.3 is 10.4 Å². The van der Waals surface area contributed by atoms with Crippen molar-refractivity contribution in [1.82, 2.24) is 5.32 Å². The molecule has 17 heavy (non-hydrogen) atoms. The molecule has 1 aliphatic heterocycles. The van der Waals surface area contributed by atoms with Crippen LogP contribution in [-0.4, -0.2) is 24.2 Å². The largest absolute Gasteiger partial charge is 0.481 e. The summed E-state index contributed by atoms with van der Waals surface area (Å²) in [6.07, 6.45) is 2.35. The van der Waals surface area contributed by atoms with Crippen LogP contribution in [0.3, 0.4) is 0 Å². The lowest BCUT2D eigenvalue weighted by molar-refractivity contribution is -0.136. The molecule has 2 rings (SSSR count). The van der Waals surface area contributed by atoms with Crippen molar-refractivity contribution in [2.45, 2.75) is 25.2 Å².